The van der Waals surface area contributed by atoms with Crippen LogP contribution in [-0.4, -0.2) is 34.2 Å². The molecule has 0 N–H and O–H groups in total. The van der Waals surface area contributed by atoms with Crippen LogP contribution in [0.3, 0.4) is 0 Å². The van der Waals surface area contributed by atoms with E-state index < -0.39 is 25.1 Å². The van der Waals surface area contributed by atoms with Crippen LogP contribution < -0.4 is 0 Å². The van der Waals surface area contributed by atoms with Crippen molar-refractivity contribution in [1.29, 1.82) is 0 Å². The molecular formula is C10H12FNO4S2. The maximum Gasteiger partial charge on any atom is 0.332 e. The summed E-state index contributed by atoms with van der Waals surface area (Å²) in [6.45, 7) is 0. The van der Waals surface area contributed by atoms with Crippen molar-refractivity contribution < 1.29 is 20.7 Å². The highest BCUT2D eigenvalue weighted by atomic mass is 32.3. The molecule has 0 radical (unpaired) electrons. The molecule has 1 saturated carbocycles. The Morgan fingerprint density at radius 1 is 1.17 bits per heavy atom. The third-order valence-electron chi connectivity index (χ3n) is 2.83. The largest absolute Gasteiger partial charge is 0.332 e. The van der Waals surface area contributed by atoms with E-state index in [-0.39, 0.29) is 10.9 Å². The minimum atomic E-state index is -4.90. The Labute approximate surface area is 105 Å². The number of sulfonamides is 1. The van der Waals surface area contributed by atoms with Crippen LogP contribution in [0, 0.1) is 0 Å². The summed E-state index contributed by atoms with van der Waals surface area (Å²) in [5.74, 6) is 0. The average molecular weight is 293 g/mol. The van der Waals surface area contributed by atoms with Crippen LogP contribution in [0.1, 0.15) is 12.8 Å². The summed E-state index contributed by atoms with van der Waals surface area (Å²) in [5, 5.41) is 0. The quantitative estimate of drug-likeness (QED) is 0.780. The molecule has 8 heteroatoms. The van der Waals surface area contributed by atoms with E-state index in [1.807, 2.05) is 0 Å². The minimum absolute atomic E-state index is 0.0411. The summed E-state index contributed by atoms with van der Waals surface area (Å²) in [4.78, 5) is -0.858. The van der Waals surface area contributed by atoms with Gasteiger partial charge >= 0.3 is 10.2 Å². The number of hydrogen-bond donors (Lipinski definition) is 0. The Balaban J connectivity index is 2.45. The lowest BCUT2D eigenvalue weighted by Gasteiger charge is -2.16. The highest BCUT2D eigenvalue weighted by molar-refractivity contribution is 7.89. The first-order chi connectivity index (χ1) is 8.23. The SMILES string of the molecule is CN(C1CC1)S(=O)(=O)c1cccc(S(=O)(=O)F)c1. The first kappa shape index (κ1) is 13.4. The maximum atomic E-state index is 12.8. The molecule has 100 valence electrons. The van der Waals surface area contributed by atoms with E-state index in [9.17, 15) is 20.7 Å². The molecule has 1 aromatic rings. The van der Waals surface area contributed by atoms with Crippen molar-refractivity contribution in [1.82, 2.24) is 4.31 Å². The Morgan fingerprint density at radius 3 is 2.22 bits per heavy atom. The summed E-state index contributed by atoms with van der Waals surface area (Å²) in [5.41, 5.74) is 0. The fourth-order valence-corrected chi connectivity index (χ4v) is 3.63. The molecule has 1 aliphatic rings. The van der Waals surface area contributed by atoms with Crippen LogP contribution >= 0.6 is 0 Å². The Kier molecular flexibility index (Phi) is 3.20. The number of halogens is 1. The fourth-order valence-electron chi connectivity index (χ4n) is 1.59. The lowest BCUT2D eigenvalue weighted by atomic mass is 10.4. The van der Waals surface area contributed by atoms with Crippen molar-refractivity contribution >= 4 is 20.2 Å². The monoisotopic (exact) mass is 293 g/mol. The molecule has 0 amide bonds. The van der Waals surface area contributed by atoms with Gasteiger partial charge in [-0.3, -0.25) is 0 Å². The molecule has 0 unspecified atom stereocenters. The topological polar surface area (TPSA) is 71.5 Å². The van der Waals surface area contributed by atoms with Crippen molar-refractivity contribution in [2.75, 3.05) is 7.05 Å². The van der Waals surface area contributed by atoms with Gasteiger partial charge in [0.15, 0.2) is 0 Å². The van der Waals surface area contributed by atoms with Gasteiger partial charge in [-0.15, -0.1) is 3.89 Å². The third kappa shape index (κ3) is 2.55. The van der Waals surface area contributed by atoms with E-state index in [2.05, 4.69) is 0 Å². The van der Waals surface area contributed by atoms with Gasteiger partial charge in [-0.05, 0) is 31.0 Å². The van der Waals surface area contributed by atoms with Crippen LogP contribution in [0.5, 0.6) is 0 Å². The fraction of sp³-hybridized carbons (Fsp3) is 0.400. The van der Waals surface area contributed by atoms with E-state index in [1.54, 1.807) is 0 Å². The van der Waals surface area contributed by atoms with Crippen LogP contribution in [-0.2, 0) is 20.2 Å². The first-order valence-electron chi connectivity index (χ1n) is 5.26. The number of benzene rings is 1. The van der Waals surface area contributed by atoms with Crippen molar-refractivity contribution in [3.8, 4) is 0 Å². The molecule has 1 aliphatic carbocycles. The van der Waals surface area contributed by atoms with E-state index >= 15 is 0 Å². The highest BCUT2D eigenvalue weighted by Gasteiger charge is 2.35. The lowest BCUT2D eigenvalue weighted by molar-refractivity contribution is 0.464. The summed E-state index contributed by atoms with van der Waals surface area (Å²) >= 11 is 0. The van der Waals surface area contributed by atoms with Crippen LogP contribution in [0.4, 0.5) is 3.89 Å². The van der Waals surface area contributed by atoms with Crippen molar-refractivity contribution in [3.05, 3.63) is 24.3 Å². The van der Waals surface area contributed by atoms with E-state index in [4.69, 9.17) is 0 Å². The predicted molar refractivity (Wildman–Crippen MR) is 62.7 cm³/mol. The van der Waals surface area contributed by atoms with Crippen LogP contribution in [0.25, 0.3) is 0 Å². The van der Waals surface area contributed by atoms with Crippen LogP contribution in [0.2, 0.25) is 0 Å². The summed E-state index contributed by atoms with van der Waals surface area (Å²) in [7, 11) is -7.22. The number of rotatable bonds is 4. The Hall–Kier alpha value is -0.990. The number of hydrogen-bond acceptors (Lipinski definition) is 4. The first-order valence-corrected chi connectivity index (χ1v) is 8.08. The van der Waals surface area contributed by atoms with Gasteiger partial charge in [0.05, 0.1) is 9.79 Å². The van der Waals surface area contributed by atoms with Gasteiger partial charge in [0.2, 0.25) is 10.0 Å². The second-order valence-electron chi connectivity index (χ2n) is 4.17. The van der Waals surface area contributed by atoms with Gasteiger partial charge in [-0.1, -0.05) is 6.07 Å². The molecule has 1 aromatic carbocycles. The molecule has 0 aliphatic heterocycles. The molecule has 0 spiro atoms. The molecule has 2 rings (SSSR count). The summed E-state index contributed by atoms with van der Waals surface area (Å²) in [6.07, 6.45) is 1.58. The smallest absolute Gasteiger partial charge is 0.207 e. The van der Waals surface area contributed by atoms with Crippen molar-refractivity contribution in [2.24, 2.45) is 0 Å². The van der Waals surface area contributed by atoms with Crippen molar-refractivity contribution in [3.63, 3.8) is 0 Å². The zero-order chi connectivity index (χ0) is 13.6. The van der Waals surface area contributed by atoms with E-state index in [1.165, 1.54) is 23.5 Å². The zero-order valence-electron chi connectivity index (χ0n) is 9.58. The van der Waals surface area contributed by atoms with Gasteiger partial charge in [-0.25, -0.2) is 8.42 Å². The zero-order valence-corrected chi connectivity index (χ0v) is 11.2. The van der Waals surface area contributed by atoms with E-state index in [0.717, 1.165) is 25.0 Å². The summed E-state index contributed by atoms with van der Waals surface area (Å²) < 4.78 is 59.7. The Bertz CT molecular complexity index is 665. The van der Waals surface area contributed by atoms with Gasteiger partial charge < -0.3 is 0 Å². The highest BCUT2D eigenvalue weighted by Crippen LogP contribution is 2.31. The summed E-state index contributed by atoms with van der Waals surface area (Å²) in [6, 6.07) is 4.28. The van der Waals surface area contributed by atoms with Crippen molar-refractivity contribution in [2.45, 2.75) is 28.7 Å². The lowest BCUT2D eigenvalue weighted by Crippen LogP contribution is -2.29. The molecule has 0 bridgehead atoms. The van der Waals surface area contributed by atoms with Gasteiger partial charge in [0.1, 0.15) is 0 Å². The molecule has 0 atom stereocenters. The molecule has 18 heavy (non-hydrogen) atoms. The average Bonchev–Trinajstić information content (AvgIpc) is 3.11. The third-order valence-corrected chi connectivity index (χ3v) is 5.55. The van der Waals surface area contributed by atoms with E-state index in [0.29, 0.717) is 0 Å². The van der Waals surface area contributed by atoms with Gasteiger partial charge in [0.25, 0.3) is 0 Å². The molecular weight excluding hydrogens is 281 g/mol. The maximum absolute atomic E-state index is 12.8. The molecule has 1 fully saturated rings. The molecule has 0 heterocycles. The Morgan fingerprint density at radius 2 is 1.72 bits per heavy atom. The molecule has 0 saturated heterocycles. The normalized spacial score (nSPS) is 17.1. The minimum Gasteiger partial charge on any atom is -0.207 e. The second kappa shape index (κ2) is 4.29. The predicted octanol–water partition coefficient (Wildman–Crippen LogP) is 1.13. The standard InChI is InChI=1S/C10H12FNO4S2/c1-12(8-5-6-8)18(15,16)10-4-2-3-9(7-10)17(11,13)14/h2-4,7-8H,5-6H2,1H3. The van der Waals surface area contributed by atoms with Crippen LogP contribution in [0.15, 0.2) is 34.1 Å². The van der Waals surface area contributed by atoms with Gasteiger partial charge in [-0.2, -0.15) is 12.7 Å². The number of nitrogens with zero attached hydrogens (tertiary/aromatic N) is 1. The second-order valence-corrected chi connectivity index (χ2v) is 7.51. The van der Waals surface area contributed by atoms with Gasteiger partial charge in [0, 0.05) is 13.1 Å². The molecule has 0 aromatic heterocycles. The molecule has 5 nitrogen and oxygen atoms in total.